The Bertz CT molecular complexity index is 478. The highest BCUT2D eigenvalue weighted by Gasteiger charge is 2.52. The molecule has 2 rings (SSSR count). The summed E-state index contributed by atoms with van der Waals surface area (Å²) in [5, 5.41) is 0. The number of hydrogen-bond acceptors (Lipinski definition) is 2. The molecular formula is C15H21F3N2O2. The number of hydrogen-bond donors (Lipinski definition) is 1. The summed E-state index contributed by atoms with van der Waals surface area (Å²) in [6.07, 6.45) is 0.526. The van der Waals surface area contributed by atoms with Crippen molar-refractivity contribution in [1.29, 1.82) is 0 Å². The summed E-state index contributed by atoms with van der Waals surface area (Å²) in [7, 11) is 0. The highest BCUT2D eigenvalue weighted by molar-refractivity contribution is 5.89. The number of nitrogens with two attached hydrogens (primary N) is 1. The highest BCUT2D eigenvalue weighted by atomic mass is 19.4. The summed E-state index contributed by atoms with van der Waals surface area (Å²) in [6.45, 7) is 1.40. The van der Waals surface area contributed by atoms with Crippen molar-refractivity contribution in [3.8, 4) is 0 Å². The van der Waals surface area contributed by atoms with Gasteiger partial charge in [0.15, 0.2) is 0 Å². The SMILES string of the molecule is CC1CCC(=CC(=O)N2C[C@@H](C(F)(F)F)[C@H](C(N)=O)C2)CC1. The number of primary amides is 1. The molecule has 1 saturated carbocycles. The van der Waals surface area contributed by atoms with Gasteiger partial charge in [-0.05, 0) is 31.6 Å². The first-order valence-corrected chi connectivity index (χ1v) is 7.53. The van der Waals surface area contributed by atoms with Crippen LogP contribution >= 0.6 is 0 Å². The number of rotatable bonds is 2. The van der Waals surface area contributed by atoms with E-state index in [0.717, 1.165) is 36.2 Å². The zero-order chi connectivity index (χ0) is 16.5. The monoisotopic (exact) mass is 318 g/mol. The van der Waals surface area contributed by atoms with Gasteiger partial charge in [-0.1, -0.05) is 12.5 Å². The van der Waals surface area contributed by atoms with Crippen LogP contribution < -0.4 is 5.73 Å². The average molecular weight is 318 g/mol. The molecule has 124 valence electrons. The predicted octanol–water partition coefficient (Wildman–Crippen LogP) is 2.25. The van der Waals surface area contributed by atoms with E-state index >= 15 is 0 Å². The smallest absolute Gasteiger partial charge is 0.369 e. The van der Waals surface area contributed by atoms with Gasteiger partial charge in [0.2, 0.25) is 11.8 Å². The van der Waals surface area contributed by atoms with E-state index in [1.165, 1.54) is 6.08 Å². The van der Waals surface area contributed by atoms with Gasteiger partial charge in [0.05, 0.1) is 11.8 Å². The van der Waals surface area contributed by atoms with Crippen molar-refractivity contribution >= 4 is 11.8 Å². The molecular weight excluding hydrogens is 297 g/mol. The van der Waals surface area contributed by atoms with Gasteiger partial charge in [-0.2, -0.15) is 13.2 Å². The maximum absolute atomic E-state index is 12.9. The van der Waals surface area contributed by atoms with E-state index in [2.05, 4.69) is 6.92 Å². The standard InChI is InChI=1S/C15H21F3N2O2/c1-9-2-4-10(5-3-9)6-13(21)20-7-11(14(19)22)12(8-20)15(16,17)18/h6,9,11-12H,2-5,7-8H2,1H3,(H2,19,22)/t9?,11-,12-/m1/s1. The van der Waals surface area contributed by atoms with Gasteiger partial charge in [-0.25, -0.2) is 0 Å². The molecule has 0 radical (unpaired) electrons. The lowest BCUT2D eigenvalue weighted by Gasteiger charge is -2.21. The van der Waals surface area contributed by atoms with E-state index in [1.54, 1.807) is 0 Å². The molecule has 2 amide bonds. The summed E-state index contributed by atoms with van der Waals surface area (Å²) >= 11 is 0. The number of carbonyl (C=O) groups excluding carboxylic acids is 2. The van der Waals surface area contributed by atoms with Gasteiger partial charge in [-0.3, -0.25) is 9.59 Å². The molecule has 0 aromatic heterocycles. The molecule has 22 heavy (non-hydrogen) atoms. The summed E-state index contributed by atoms with van der Waals surface area (Å²) in [4.78, 5) is 24.5. The third-order valence-corrected chi connectivity index (χ3v) is 4.66. The molecule has 0 unspecified atom stereocenters. The summed E-state index contributed by atoms with van der Waals surface area (Å²) in [6, 6.07) is 0. The lowest BCUT2D eigenvalue weighted by Crippen LogP contribution is -2.37. The van der Waals surface area contributed by atoms with Crippen molar-refractivity contribution in [2.75, 3.05) is 13.1 Å². The molecule has 0 bridgehead atoms. The van der Waals surface area contributed by atoms with Crippen molar-refractivity contribution in [3.63, 3.8) is 0 Å². The second kappa shape index (κ2) is 6.30. The van der Waals surface area contributed by atoms with E-state index in [1.807, 2.05) is 0 Å². The van der Waals surface area contributed by atoms with Gasteiger partial charge in [0, 0.05) is 19.2 Å². The Balaban J connectivity index is 2.05. The lowest BCUT2D eigenvalue weighted by molar-refractivity contribution is -0.182. The van der Waals surface area contributed by atoms with Crippen LogP contribution in [0.4, 0.5) is 13.2 Å². The van der Waals surface area contributed by atoms with Crippen LogP contribution in [0.2, 0.25) is 0 Å². The van der Waals surface area contributed by atoms with E-state index in [4.69, 9.17) is 5.73 Å². The molecule has 0 aromatic rings. The van der Waals surface area contributed by atoms with Crippen molar-refractivity contribution in [1.82, 2.24) is 4.90 Å². The summed E-state index contributed by atoms with van der Waals surface area (Å²) < 4.78 is 38.8. The van der Waals surface area contributed by atoms with Crippen LogP contribution in [0.3, 0.4) is 0 Å². The molecule has 1 heterocycles. The number of nitrogens with zero attached hydrogens (tertiary/aromatic N) is 1. The summed E-state index contributed by atoms with van der Waals surface area (Å²) in [5.74, 6) is -4.04. The number of carbonyl (C=O) groups is 2. The van der Waals surface area contributed by atoms with Crippen LogP contribution in [0.15, 0.2) is 11.6 Å². The maximum atomic E-state index is 12.9. The van der Waals surface area contributed by atoms with E-state index in [0.29, 0.717) is 5.92 Å². The minimum Gasteiger partial charge on any atom is -0.369 e. The maximum Gasteiger partial charge on any atom is 0.394 e. The molecule has 7 heteroatoms. The van der Waals surface area contributed by atoms with Gasteiger partial charge >= 0.3 is 6.18 Å². The van der Waals surface area contributed by atoms with Gasteiger partial charge < -0.3 is 10.6 Å². The van der Waals surface area contributed by atoms with E-state index < -0.39 is 36.4 Å². The van der Waals surface area contributed by atoms with Gasteiger partial charge in [0.1, 0.15) is 0 Å². The Morgan fingerprint density at radius 2 is 1.82 bits per heavy atom. The van der Waals surface area contributed by atoms with Crippen LogP contribution in [0.25, 0.3) is 0 Å². The van der Waals surface area contributed by atoms with Crippen LogP contribution in [-0.4, -0.2) is 36.0 Å². The topological polar surface area (TPSA) is 63.4 Å². The van der Waals surface area contributed by atoms with Gasteiger partial charge in [0.25, 0.3) is 0 Å². The first-order chi connectivity index (χ1) is 10.2. The zero-order valence-corrected chi connectivity index (χ0v) is 12.5. The first-order valence-electron chi connectivity index (χ1n) is 7.53. The Labute approximate surface area is 127 Å². The molecule has 4 nitrogen and oxygen atoms in total. The van der Waals surface area contributed by atoms with Crippen LogP contribution in [0, 0.1) is 17.8 Å². The van der Waals surface area contributed by atoms with E-state index in [-0.39, 0.29) is 6.54 Å². The Kier molecular flexibility index (Phi) is 4.82. The van der Waals surface area contributed by atoms with Crippen LogP contribution in [0.5, 0.6) is 0 Å². The number of amides is 2. The molecule has 2 fully saturated rings. The highest BCUT2D eigenvalue weighted by Crippen LogP contribution is 2.37. The molecule has 2 N–H and O–H groups in total. The Morgan fingerprint density at radius 3 is 2.27 bits per heavy atom. The number of likely N-dealkylation sites (tertiary alicyclic amines) is 1. The molecule has 0 aromatic carbocycles. The predicted molar refractivity (Wildman–Crippen MR) is 74.5 cm³/mol. The molecule has 2 atom stereocenters. The molecule has 1 saturated heterocycles. The fourth-order valence-corrected chi connectivity index (χ4v) is 3.15. The van der Waals surface area contributed by atoms with E-state index in [9.17, 15) is 22.8 Å². The van der Waals surface area contributed by atoms with Crippen molar-refractivity contribution < 1.29 is 22.8 Å². The number of halogens is 3. The lowest BCUT2D eigenvalue weighted by atomic mass is 9.87. The largest absolute Gasteiger partial charge is 0.394 e. The van der Waals surface area contributed by atoms with Crippen LogP contribution in [0.1, 0.15) is 32.6 Å². The molecule has 1 aliphatic heterocycles. The Hall–Kier alpha value is -1.53. The third-order valence-electron chi connectivity index (χ3n) is 4.66. The van der Waals surface area contributed by atoms with Crippen LogP contribution in [-0.2, 0) is 9.59 Å². The quantitative estimate of drug-likeness (QED) is 0.794. The van der Waals surface area contributed by atoms with Crippen molar-refractivity contribution in [3.05, 3.63) is 11.6 Å². The minimum atomic E-state index is -4.53. The number of allylic oxidation sites excluding steroid dienone is 1. The fraction of sp³-hybridized carbons (Fsp3) is 0.733. The zero-order valence-electron chi connectivity index (χ0n) is 12.5. The Morgan fingerprint density at radius 1 is 1.23 bits per heavy atom. The van der Waals surface area contributed by atoms with Crippen molar-refractivity contribution in [2.45, 2.75) is 38.8 Å². The minimum absolute atomic E-state index is 0.251. The number of alkyl halides is 3. The second-order valence-corrected chi connectivity index (χ2v) is 6.39. The second-order valence-electron chi connectivity index (χ2n) is 6.39. The third kappa shape index (κ3) is 3.81. The normalized spacial score (nSPS) is 29.5. The molecule has 1 aliphatic carbocycles. The van der Waals surface area contributed by atoms with Gasteiger partial charge in [-0.15, -0.1) is 0 Å². The fourth-order valence-electron chi connectivity index (χ4n) is 3.15. The molecule has 2 aliphatic rings. The average Bonchev–Trinajstić information content (AvgIpc) is 2.86. The first kappa shape index (κ1) is 16.8. The summed E-state index contributed by atoms with van der Waals surface area (Å²) in [5.41, 5.74) is 6.04. The van der Waals surface area contributed by atoms with Crippen molar-refractivity contribution in [2.24, 2.45) is 23.5 Å². The molecule has 0 spiro atoms.